The van der Waals surface area contributed by atoms with E-state index in [9.17, 15) is 4.79 Å². The van der Waals surface area contributed by atoms with Gasteiger partial charge in [-0.1, -0.05) is 23.9 Å². The number of carbonyl (C=O) groups excluding carboxylic acids is 1. The number of benzene rings is 2. The van der Waals surface area contributed by atoms with Gasteiger partial charge in [-0.25, -0.2) is 0 Å². The maximum Gasteiger partial charge on any atom is 0.237 e. The molecule has 0 spiro atoms. The van der Waals surface area contributed by atoms with Crippen molar-refractivity contribution in [3.05, 3.63) is 48.5 Å². The number of nitrogens with zero attached hydrogens (tertiary/aromatic N) is 3. The summed E-state index contributed by atoms with van der Waals surface area (Å²) in [7, 11) is 3.52. The molecule has 0 aliphatic heterocycles. The summed E-state index contributed by atoms with van der Waals surface area (Å²) in [6, 6.07) is 15.0. The van der Waals surface area contributed by atoms with E-state index in [0.29, 0.717) is 23.2 Å². The number of ether oxygens (including phenoxy) is 2. The van der Waals surface area contributed by atoms with E-state index in [1.54, 1.807) is 7.11 Å². The third kappa shape index (κ3) is 4.89. The maximum atomic E-state index is 12.7. The summed E-state index contributed by atoms with van der Waals surface area (Å²) in [5.41, 5.74) is 1.58. The van der Waals surface area contributed by atoms with E-state index in [1.165, 1.54) is 11.8 Å². The lowest BCUT2D eigenvalue weighted by molar-refractivity contribution is -0.115. The van der Waals surface area contributed by atoms with Crippen LogP contribution in [0.5, 0.6) is 11.5 Å². The molecule has 0 unspecified atom stereocenters. The second kappa shape index (κ2) is 9.47. The Bertz CT molecular complexity index is 972. The minimum absolute atomic E-state index is 0.129. The van der Waals surface area contributed by atoms with E-state index in [2.05, 4.69) is 15.5 Å². The predicted octanol–water partition coefficient (Wildman–Crippen LogP) is 4.01. The van der Waals surface area contributed by atoms with Gasteiger partial charge in [0.2, 0.25) is 5.91 Å². The highest BCUT2D eigenvalue weighted by Gasteiger charge is 2.20. The van der Waals surface area contributed by atoms with Gasteiger partial charge in [0.05, 0.1) is 24.7 Å². The van der Waals surface area contributed by atoms with Gasteiger partial charge in [0.1, 0.15) is 11.5 Å². The van der Waals surface area contributed by atoms with Crippen molar-refractivity contribution in [1.82, 2.24) is 14.8 Å². The van der Waals surface area contributed by atoms with Crippen LogP contribution in [0.2, 0.25) is 0 Å². The Labute approximate surface area is 174 Å². The van der Waals surface area contributed by atoms with Crippen LogP contribution in [0.1, 0.15) is 13.8 Å². The number of aromatic nitrogens is 3. The van der Waals surface area contributed by atoms with E-state index in [1.807, 2.05) is 74.0 Å². The van der Waals surface area contributed by atoms with E-state index >= 15 is 0 Å². The highest BCUT2D eigenvalue weighted by molar-refractivity contribution is 8.00. The summed E-state index contributed by atoms with van der Waals surface area (Å²) in [6.07, 6.45) is 0. The Balaban J connectivity index is 1.70. The first-order chi connectivity index (χ1) is 14.0. The number of amides is 1. The predicted molar refractivity (Wildman–Crippen MR) is 115 cm³/mol. The second-order valence-corrected chi connectivity index (χ2v) is 7.58. The van der Waals surface area contributed by atoms with E-state index in [-0.39, 0.29) is 11.2 Å². The van der Waals surface area contributed by atoms with Crippen LogP contribution >= 0.6 is 11.8 Å². The third-order valence-electron chi connectivity index (χ3n) is 4.28. The van der Waals surface area contributed by atoms with Crippen molar-refractivity contribution in [2.24, 2.45) is 7.05 Å². The first-order valence-electron chi connectivity index (χ1n) is 9.26. The number of hydrogen-bond acceptors (Lipinski definition) is 6. The number of carbonyl (C=O) groups is 1. The zero-order valence-corrected chi connectivity index (χ0v) is 17.7. The lowest BCUT2D eigenvalue weighted by Gasteiger charge is -2.14. The van der Waals surface area contributed by atoms with Gasteiger partial charge in [0.15, 0.2) is 11.0 Å². The van der Waals surface area contributed by atoms with Gasteiger partial charge >= 0.3 is 0 Å². The molecule has 0 fully saturated rings. The van der Waals surface area contributed by atoms with Gasteiger partial charge in [-0.05, 0) is 50.2 Å². The van der Waals surface area contributed by atoms with Gasteiger partial charge in [0, 0.05) is 12.6 Å². The molecular weight excluding hydrogens is 388 g/mol. The second-order valence-electron chi connectivity index (χ2n) is 6.27. The number of methoxy groups -OCH3 is 1. The van der Waals surface area contributed by atoms with Crippen LogP contribution in [0.15, 0.2) is 53.7 Å². The topological polar surface area (TPSA) is 78.3 Å². The third-order valence-corrected chi connectivity index (χ3v) is 5.41. The summed E-state index contributed by atoms with van der Waals surface area (Å²) >= 11 is 1.35. The van der Waals surface area contributed by atoms with E-state index in [4.69, 9.17) is 9.47 Å². The molecule has 0 aliphatic rings. The van der Waals surface area contributed by atoms with E-state index < -0.39 is 0 Å². The van der Waals surface area contributed by atoms with Gasteiger partial charge in [-0.2, -0.15) is 0 Å². The summed E-state index contributed by atoms with van der Waals surface area (Å²) in [5, 5.41) is 11.8. The lowest BCUT2D eigenvalue weighted by Crippen LogP contribution is -2.23. The zero-order valence-electron chi connectivity index (χ0n) is 16.9. The molecule has 0 saturated carbocycles. The van der Waals surface area contributed by atoms with Crippen LogP contribution in [-0.2, 0) is 11.8 Å². The molecule has 29 heavy (non-hydrogen) atoms. The SMILES string of the molecule is CCOc1ccccc1NC(=O)[C@H](C)Sc1nnc(-c2ccc(OC)cc2)n1C. The normalized spacial score (nSPS) is 11.7. The largest absolute Gasteiger partial charge is 0.497 e. The average Bonchev–Trinajstić information content (AvgIpc) is 3.09. The van der Waals surface area contributed by atoms with E-state index in [0.717, 1.165) is 17.1 Å². The van der Waals surface area contributed by atoms with Crippen LogP contribution in [0.4, 0.5) is 5.69 Å². The van der Waals surface area contributed by atoms with Crippen LogP contribution in [0.25, 0.3) is 11.4 Å². The maximum absolute atomic E-state index is 12.7. The van der Waals surface area contributed by atoms with Crippen LogP contribution in [0, 0.1) is 0 Å². The summed E-state index contributed by atoms with van der Waals surface area (Å²) in [6.45, 7) is 4.28. The fraction of sp³-hybridized carbons (Fsp3) is 0.286. The van der Waals surface area contributed by atoms with Crippen LogP contribution < -0.4 is 14.8 Å². The molecule has 152 valence electrons. The summed E-state index contributed by atoms with van der Waals surface area (Å²) < 4.78 is 12.6. The summed E-state index contributed by atoms with van der Waals surface area (Å²) in [4.78, 5) is 12.7. The highest BCUT2D eigenvalue weighted by atomic mass is 32.2. The molecule has 1 amide bonds. The van der Waals surface area contributed by atoms with Gasteiger partial charge in [-0.3, -0.25) is 4.79 Å². The molecule has 1 atom stereocenters. The smallest absolute Gasteiger partial charge is 0.237 e. The van der Waals surface area contributed by atoms with Crippen molar-refractivity contribution in [3.63, 3.8) is 0 Å². The first-order valence-corrected chi connectivity index (χ1v) is 10.1. The van der Waals surface area contributed by atoms with Gasteiger partial charge in [0.25, 0.3) is 0 Å². The fourth-order valence-electron chi connectivity index (χ4n) is 2.71. The molecule has 1 aromatic heterocycles. The minimum Gasteiger partial charge on any atom is -0.497 e. The Morgan fingerprint density at radius 1 is 1.17 bits per heavy atom. The quantitative estimate of drug-likeness (QED) is 0.563. The zero-order chi connectivity index (χ0) is 20.8. The number of rotatable bonds is 8. The molecule has 0 radical (unpaired) electrons. The van der Waals surface area contributed by atoms with Crippen molar-refractivity contribution < 1.29 is 14.3 Å². The van der Waals surface area contributed by atoms with Crippen LogP contribution in [-0.4, -0.2) is 39.6 Å². The molecule has 2 aromatic carbocycles. The molecule has 0 aliphatic carbocycles. The van der Waals surface area contributed by atoms with Gasteiger partial charge in [-0.15, -0.1) is 10.2 Å². The molecule has 1 N–H and O–H groups in total. The van der Waals surface area contributed by atoms with Crippen molar-refractivity contribution in [2.75, 3.05) is 19.0 Å². The molecule has 3 aromatic rings. The number of thioether (sulfide) groups is 1. The standard InChI is InChI=1S/C21H24N4O3S/c1-5-28-18-9-7-6-8-17(18)22-20(26)14(2)29-21-24-23-19(25(21)3)15-10-12-16(27-4)13-11-15/h6-14H,5H2,1-4H3,(H,22,26)/t14-/m0/s1. The molecule has 7 nitrogen and oxygen atoms in total. The van der Waals surface area contributed by atoms with Crippen LogP contribution in [0.3, 0.4) is 0 Å². The number of hydrogen-bond donors (Lipinski definition) is 1. The molecule has 0 bridgehead atoms. The Morgan fingerprint density at radius 3 is 2.59 bits per heavy atom. The Kier molecular flexibility index (Phi) is 6.77. The number of nitrogens with one attached hydrogen (secondary N) is 1. The fourth-order valence-corrected chi connectivity index (χ4v) is 3.52. The van der Waals surface area contributed by atoms with Gasteiger partial charge < -0.3 is 19.4 Å². The Hall–Kier alpha value is -3.00. The highest BCUT2D eigenvalue weighted by Crippen LogP contribution is 2.29. The number of para-hydroxylation sites is 2. The Morgan fingerprint density at radius 2 is 1.90 bits per heavy atom. The number of anilines is 1. The van der Waals surface area contributed by atoms with Crippen molar-refractivity contribution in [2.45, 2.75) is 24.3 Å². The molecule has 1 heterocycles. The molecule has 8 heteroatoms. The van der Waals surface area contributed by atoms with Crippen molar-refractivity contribution in [1.29, 1.82) is 0 Å². The molecule has 0 saturated heterocycles. The lowest BCUT2D eigenvalue weighted by atomic mass is 10.2. The minimum atomic E-state index is -0.365. The molecule has 3 rings (SSSR count). The summed E-state index contributed by atoms with van der Waals surface area (Å²) in [5.74, 6) is 2.03. The first kappa shape index (κ1) is 20.7. The average molecular weight is 413 g/mol. The van der Waals surface area contributed by atoms with Crippen molar-refractivity contribution >= 4 is 23.4 Å². The monoisotopic (exact) mass is 412 g/mol. The molecular formula is C21H24N4O3S. The van der Waals surface area contributed by atoms with Crippen molar-refractivity contribution in [3.8, 4) is 22.9 Å².